The van der Waals surface area contributed by atoms with Crippen LogP contribution < -0.4 is 10.6 Å². The van der Waals surface area contributed by atoms with Gasteiger partial charge in [-0.05, 0) is 35.9 Å². The average molecular weight is 403 g/mol. The highest BCUT2D eigenvalue weighted by Crippen LogP contribution is 2.32. The number of nitrogens with one attached hydrogen (secondary N) is 2. The molecule has 0 fully saturated rings. The van der Waals surface area contributed by atoms with Gasteiger partial charge in [0, 0.05) is 22.2 Å². The minimum absolute atomic E-state index is 0.0699. The molecule has 0 radical (unpaired) electrons. The Morgan fingerprint density at radius 2 is 2.00 bits per heavy atom. The maximum Gasteiger partial charge on any atom is 0.416 e. The second-order valence-electron chi connectivity index (χ2n) is 6.17. The topological polar surface area (TPSA) is 71.1 Å². The predicted octanol–water partition coefficient (Wildman–Crippen LogP) is 4.58. The van der Waals surface area contributed by atoms with Crippen molar-refractivity contribution in [2.75, 3.05) is 10.6 Å². The Labute approximate surface area is 161 Å². The van der Waals surface area contributed by atoms with E-state index < -0.39 is 17.6 Å². The Morgan fingerprint density at radius 1 is 1.18 bits per heavy atom. The van der Waals surface area contributed by atoms with Crippen LogP contribution in [0.1, 0.15) is 21.5 Å². The molecule has 0 aliphatic carbocycles. The van der Waals surface area contributed by atoms with Gasteiger partial charge in [0.2, 0.25) is 5.91 Å². The van der Waals surface area contributed by atoms with Crippen molar-refractivity contribution in [2.24, 2.45) is 0 Å². The van der Waals surface area contributed by atoms with Gasteiger partial charge in [-0.25, -0.2) is 4.98 Å². The number of hydrogen-bond donors (Lipinski definition) is 2. The number of halogens is 3. The van der Waals surface area contributed by atoms with E-state index in [4.69, 9.17) is 0 Å². The molecule has 0 bridgehead atoms. The molecule has 28 heavy (non-hydrogen) atoms. The molecule has 3 aromatic rings. The fourth-order valence-corrected chi connectivity index (χ4v) is 3.57. The molecule has 4 rings (SSSR count). The molecule has 2 aromatic carbocycles. The Balaban J connectivity index is 1.52. The molecule has 0 saturated heterocycles. The van der Waals surface area contributed by atoms with Crippen LogP contribution in [0.2, 0.25) is 0 Å². The van der Waals surface area contributed by atoms with Gasteiger partial charge in [-0.1, -0.05) is 12.1 Å². The number of carbonyl (C=O) groups excluding carboxylic acids is 2. The fraction of sp³-hybridized carbons (Fsp3) is 0.105. The Bertz CT molecular complexity index is 1090. The standard InChI is InChI=1S/C19H12F3N3O2S/c20-19(21,22)13-3-1-2-11(7-13)17(27)25-18-24-15(9-28-18)10-4-5-14-12(6-10)8-16(26)23-14/h1-7,9H,8H2,(H,23,26)(H,24,25,27). The largest absolute Gasteiger partial charge is 0.416 e. The molecule has 9 heteroatoms. The normalized spacial score (nSPS) is 13.2. The van der Waals surface area contributed by atoms with Crippen LogP contribution in [-0.4, -0.2) is 16.8 Å². The third kappa shape index (κ3) is 3.61. The van der Waals surface area contributed by atoms with Crippen LogP contribution >= 0.6 is 11.3 Å². The van der Waals surface area contributed by atoms with Crippen molar-refractivity contribution in [3.63, 3.8) is 0 Å². The van der Waals surface area contributed by atoms with Gasteiger partial charge >= 0.3 is 6.18 Å². The van der Waals surface area contributed by atoms with Gasteiger partial charge in [0.15, 0.2) is 5.13 Å². The number of amides is 2. The monoisotopic (exact) mass is 403 g/mol. The SMILES string of the molecule is O=C1Cc2cc(-c3csc(NC(=O)c4cccc(C(F)(F)F)c4)n3)ccc2N1. The number of aromatic nitrogens is 1. The van der Waals surface area contributed by atoms with E-state index >= 15 is 0 Å². The van der Waals surface area contributed by atoms with Gasteiger partial charge in [-0.2, -0.15) is 13.2 Å². The highest BCUT2D eigenvalue weighted by Gasteiger charge is 2.31. The molecule has 2 heterocycles. The van der Waals surface area contributed by atoms with Crippen LogP contribution in [0.25, 0.3) is 11.3 Å². The zero-order chi connectivity index (χ0) is 19.9. The Kier molecular flexibility index (Phi) is 4.38. The van der Waals surface area contributed by atoms with Crippen LogP contribution in [-0.2, 0) is 17.4 Å². The van der Waals surface area contributed by atoms with Crippen molar-refractivity contribution >= 4 is 34.0 Å². The van der Waals surface area contributed by atoms with Gasteiger partial charge < -0.3 is 5.32 Å². The summed E-state index contributed by atoms with van der Waals surface area (Å²) in [5, 5.41) is 7.27. The van der Waals surface area contributed by atoms with Gasteiger partial charge in [-0.3, -0.25) is 14.9 Å². The number of rotatable bonds is 3. The van der Waals surface area contributed by atoms with Gasteiger partial charge in [0.05, 0.1) is 17.7 Å². The molecule has 1 aliphatic rings. The summed E-state index contributed by atoms with van der Waals surface area (Å²) in [5.74, 6) is -0.741. The third-order valence-corrected chi connectivity index (χ3v) is 4.96. The number of alkyl halides is 3. The summed E-state index contributed by atoms with van der Waals surface area (Å²) in [6.07, 6.45) is -4.22. The van der Waals surface area contributed by atoms with E-state index in [9.17, 15) is 22.8 Å². The molecule has 0 unspecified atom stereocenters. The number of fused-ring (bicyclic) bond motifs is 1. The number of anilines is 2. The van der Waals surface area contributed by atoms with Crippen LogP contribution in [0.5, 0.6) is 0 Å². The first-order valence-corrected chi connectivity index (χ1v) is 9.05. The lowest BCUT2D eigenvalue weighted by molar-refractivity contribution is -0.137. The molecule has 5 nitrogen and oxygen atoms in total. The maximum absolute atomic E-state index is 12.8. The summed E-state index contributed by atoms with van der Waals surface area (Å²) in [5.41, 5.74) is 2.03. The number of thiazole rings is 1. The van der Waals surface area contributed by atoms with Crippen molar-refractivity contribution in [2.45, 2.75) is 12.6 Å². The summed E-state index contributed by atoms with van der Waals surface area (Å²) < 4.78 is 38.4. The van der Waals surface area contributed by atoms with E-state index in [1.807, 2.05) is 6.07 Å². The Hall–Kier alpha value is -3.20. The van der Waals surface area contributed by atoms with Crippen LogP contribution in [0.3, 0.4) is 0 Å². The summed E-state index contributed by atoms with van der Waals surface area (Å²) in [7, 11) is 0. The summed E-state index contributed by atoms with van der Waals surface area (Å²) in [6, 6.07) is 9.64. The highest BCUT2D eigenvalue weighted by atomic mass is 32.1. The van der Waals surface area contributed by atoms with E-state index in [-0.39, 0.29) is 16.6 Å². The summed E-state index contributed by atoms with van der Waals surface area (Å²) in [6.45, 7) is 0. The molecular formula is C19H12F3N3O2S. The molecule has 1 aromatic heterocycles. The first-order chi connectivity index (χ1) is 13.3. The van der Waals surface area contributed by atoms with E-state index in [2.05, 4.69) is 15.6 Å². The molecule has 0 atom stereocenters. The van der Waals surface area contributed by atoms with E-state index in [0.717, 1.165) is 40.3 Å². The molecule has 142 valence electrons. The van der Waals surface area contributed by atoms with Crippen molar-refractivity contribution in [3.8, 4) is 11.3 Å². The molecule has 1 aliphatic heterocycles. The maximum atomic E-state index is 12.8. The lowest BCUT2D eigenvalue weighted by atomic mass is 10.1. The average Bonchev–Trinajstić information content (AvgIpc) is 3.25. The fourth-order valence-electron chi connectivity index (χ4n) is 2.86. The summed E-state index contributed by atoms with van der Waals surface area (Å²) >= 11 is 1.16. The quantitative estimate of drug-likeness (QED) is 0.673. The predicted molar refractivity (Wildman–Crippen MR) is 99.3 cm³/mol. The van der Waals surface area contributed by atoms with E-state index in [1.54, 1.807) is 17.5 Å². The third-order valence-electron chi connectivity index (χ3n) is 4.20. The lowest BCUT2D eigenvalue weighted by Crippen LogP contribution is -2.13. The van der Waals surface area contributed by atoms with E-state index in [0.29, 0.717) is 12.1 Å². The van der Waals surface area contributed by atoms with E-state index in [1.165, 1.54) is 12.1 Å². The highest BCUT2D eigenvalue weighted by molar-refractivity contribution is 7.14. The number of hydrogen-bond acceptors (Lipinski definition) is 4. The van der Waals surface area contributed by atoms with Crippen molar-refractivity contribution < 1.29 is 22.8 Å². The minimum Gasteiger partial charge on any atom is -0.326 e. The van der Waals surface area contributed by atoms with Gasteiger partial charge in [0.1, 0.15) is 0 Å². The van der Waals surface area contributed by atoms with Crippen LogP contribution in [0.4, 0.5) is 24.0 Å². The lowest BCUT2D eigenvalue weighted by Gasteiger charge is -2.08. The first-order valence-electron chi connectivity index (χ1n) is 8.17. The van der Waals surface area contributed by atoms with Crippen molar-refractivity contribution in [1.29, 1.82) is 0 Å². The molecule has 0 saturated carbocycles. The molecule has 0 spiro atoms. The molecule has 2 amide bonds. The zero-order valence-electron chi connectivity index (χ0n) is 14.1. The first kappa shape index (κ1) is 18.2. The second-order valence-corrected chi connectivity index (χ2v) is 7.03. The van der Waals surface area contributed by atoms with Gasteiger partial charge in [-0.15, -0.1) is 11.3 Å². The molecular weight excluding hydrogens is 391 g/mol. The molecule has 2 N–H and O–H groups in total. The van der Waals surface area contributed by atoms with Crippen LogP contribution in [0.15, 0.2) is 47.8 Å². The van der Waals surface area contributed by atoms with Crippen molar-refractivity contribution in [1.82, 2.24) is 4.98 Å². The smallest absolute Gasteiger partial charge is 0.326 e. The van der Waals surface area contributed by atoms with Crippen molar-refractivity contribution in [3.05, 3.63) is 64.5 Å². The van der Waals surface area contributed by atoms with Crippen LogP contribution in [0, 0.1) is 0 Å². The number of nitrogens with zero attached hydrogens (tertiary/aromatic N) is 1. The minimum atomic E-state index is -4.52. The Morgan fingerprint density at radius 3 is 2.79 bits per heavy atom. The number of carbonyl (C=O) groups is 2. The number of benzene rings is 2. The zero-order valence-corrected chi connectivity index (χ0v) is 14.9. The van der Waals surface area contributed by atoms with Gasteiger partial charge in [0.25, 0.3) is 5.91 Å². The summed E-state index contributed by atoms with van der Waals surface area (Å²) in [4.78, 5) is 28.0. The second kappa shape index (κ2) is 6.75.